The third-order valence-corrected chi connectivity index (χ3v) is 3.55. The Balaban J connectivity index is 2.06. The molecule has 1 N–H and O–H groups in total. The molecule has 0 saturated carbocycles. The van der Waals surface area contributed by atoms with Crippen LogP contribution in [-0.2, 0) is 16.1 Å². The fourth-order valence-corrected chi connectivity index (χ4v) is 2.28. The predicted molar refractivity (Wildman–Crippen MR) is 90.0 cm³/mol. The first-order valence-corrected chi connectivity index (χ1v) is 7.48. The van der Waals surface area contributed by atoms with E-state index in [0.717, 1.165) is 22.4 Å². The number of carbonyl (C=O) groups is 2. The quantitative estimate of drug-likeness (QED) is 0.922. The van der Waals surface area contributed by atoms with Crippen molar-refractivity contribution >= 4 is 17.5 Å². The predicted octanol–water partition coefficient (Wildman–Crippen LogP) is 2.37. The van der Waals surface area contributed by atoms with E-state index in [0.29, 0.717) is 6.54 Å². The Labute approximate surface area is 136 Å². The fourth-order valence-electron chi connectivity index (χ4n) is 2.28. The summed E-state index contributed by atoms with van der Waals surface area (Å²) in [5.41, 5.74) is 3.70. The molecule has 0 aliphatic heterocycles. The zero-order chi connectivity index (χ0) is 16.8. The van der Waals surface area contributed by atoms with Crippen molar-refractivity contribution in [1.82, 2.24) is 10.3 Å². The first-order chi connectivity index (χ1) is 11.0. The van der Waals surface area contributed by atoms with Crippen molar-refractivity contribution in [1.29, 1.82) is 0 Å². The minimum atomic E-state index is -0.204. The third kappa shape index (κ3) is 4.64. The van der Waals surface area contributed by atoms with E-state index in [4.69, 9.17) is 0 Å². The maximum Gasteiger partial charge on any atom is 0.240 e. The van der Waals surface area contributed by atoms with Crippen molar-refractivity contribution in [2.24, 2.45) is 0 Å². The summed E-state index contributed by atoms with van der Waals surface area (Å²) in [7, 11) is 0. The lowest BCUT2D eigenvalue weighted by molar-refractivity contribution is -0.123. The van der Waals surface area contributed by atoms with Gasteiger partial charge in [-0.2, -0.15) is 0 Å². The van der Waals surface area contributed by atoms with Gasteiger partial charge in [-0.15, -0.1) is 0 Å². The van der Waals surface area contributed by atoms with E-state index in [1.165, 1.54) is 11.8 Å². The Bertz CT molecular complexity index is 699. The number of nitrogens with one attached hydrogen (secondary N) is 1. The zero-order valence-electron chi connectivity index (χ0n) is 13.7. The van der Waals surface area contributed by atoms with Crippen molar-refractivity contribution in [3.8, 4) is 0 Å². The molecule has 1 aromatic heterocycles. The second-order valence-electron chi connectivity index (χ2n) is 5.53. The van der Waals surface area contributed by atoms with Crippen LogP contribution in [0.2, 0.25) is 0 Å². The van der Waals surface area contributed by atoms with Crippen LogP contribution in [0.1, 0.15) is 23.6 Å². The minimum Gasteiger partial charge on any atom is -0.350 e. The monoisotopic (exact) mass is 311 g/mol. The molecule has 0 spiro atoms. The van der Waals surface area contributed by atoms with Crippen molar-refractivity contribution in [2.45, 2.75) is 27.3 Å². The van der Waals surface area contributed by atoms with Crippen LogP contribution in [0.15, 0.2) is 42.7 Å². The summed E-state index contributed by atoms with van der Waals surface area (Å²) >= 11 is 0. The molecular weight excluding hydrogens is 290 g/mol. The molecule has 0 bridgehead atoms. The summed E-state index contributed by atoms with van der Waals surface area (Å²) < 4.78 is 0. The molecule has 5 nitrogen and oxygen atoms in total. The molecule has 1 heterocycles. The second kappa shape index (κ2) is 7.54. The molecule has 0 radical (unpaired) electrons. The Morgan fingerprint density at radius 3 is 2.65 bits per heavy atom. The van der Waals surface area contributed by atoms with E-state index in [-0.39, 0.29) is 18.4 Å². The molecule has 1 aromatic carbocycles. The van der Waals surface area contributed by atoms with Crippen LogP contribution in [0, 0.1) is 13.8 Å². The molecule has 0 aliphatic rings. The maximum atomic E-state index is 12.2. The van der Waals surface area contributed by atoms with Gasteiger partial charge in [0.05, 0.1) is 0 Å². The molecule has 0 aliphatic carbocycles. The van der Waals surface area contributed by atoms with Crippen LogP contribution >= 0.6 is 0 Å². The zero-order valence-corrected chi connectivity index (χ0v) is 13.7. The number of benzene rings is 1. The number of amides is 2. The molecule has 23 heavy (non-hydrogen) atoms. The van der Waals surface area contributed by atoms with E-state index in [1.807, 2.05) is 44.2 Å². The van der Waals surface area contributed by atoms with Gasteiger partial charge >= 0.3 is 0 Å². The van der Waals surface area contributed by atoms with Gasteiger partial charge in [-0.3, -0.25) is 14.6 Å². The van der Waals surface area contributed by atoms with Gasteiger partial charge < -0.3 is 10.2 Å². The standard InChI is InChI=1S/C18H21N3O2/c1-13-6-7-14(2)17(9-13)21(15(3)22)12-18(23)20-11-16-5-4-8-19-10-16/h4-10H,11-12H2,1-3H3,(H,20,23). The molecule has 0 unspecified atom stereocenters. The minimum absolute atomic E-state index is 0.000110. The summed E-state index contributed by atoms with van der Waals surface area (Å²) in [4.78, 5) is 29.6. The number of nitrogens with zero attached hydrogens (tertiary/aromatic N) is 2. The Hall–Kier alpha value is -2.69. The van der Waals surface area contributed by atoms with Gasteiger partial charge in [-0.1, -0.05) is 18.2 Å². The number of aryl methyl sites for hydroxylation is 2. The van der Waals surface area contributed by atoms with Gasteiger partial charge in [0, 0.05) is 31.5 Å². The Morgan fingerprint density at radius 2 is 2.00 bits per heavy atom. The number of carbonyl (C=O) groups excluding carboxylic acids is 2. The average Bonchev–Trinajstić information content (AvgIpc) is 2.54. The highest BCUT2D eigenvalue weighted by Gasteiger charge is 2.17. The highest BCUT2D eigenvalue weighted by Crippen LogP contribution is 2.21. The maximum absolute atomic E-state index is 12.2. The lowest BCUT2D eigenvalue weighted by Crippen LogP contribution is -2.40. The largest absolute Gasteiger partial charge is 0.350 e. The summed E-state index contributed by atoms with van der Waals surface area (Å²) in [5, 5.41) is 2.82. The Morgan fingerprint density at radius 1 is 1.22 bits per heavy atom. The summed E-state index contributed by atoms with van der Waals surface area (Å²) in [5.74, 6) is -0.361. The average molecular weight is 311 g/mol. The summed E-state index contributed by atoms with van der Waals surface area (Å²) in [6.45, 7) is 5.75. The van der Waals surface area contributed by atoms with Gasteiger partial charge in [0.15, 0.2) is 0 Å². The first-order valence-electron chi connectivity index (χ1n) is 7.48. The van der Waals surface area contributed by atoms with Crippen LogP contribution in [0.25, 0.3) is 0 Å². The lowest BCUT2D eigenvalue weighted by atomic mass is 10.1. The molecule has 0 fully saturated rings. The number of hydrogen-bond acceptors (Lipinski definition) is 3. The summed E-state index contributed by atoms with van der Waals surface area (Å²) in [6, 6.07) is 9.57. The second-order valence-corrected chi connectivity index (χ2v) is 5.53. The normalized spacial score (nSPS) is 10.2. The van der Waals surface area contributed by atoms with E-state index in [9.17, 15) is 9.59 Å². The van der Waals surface area contributed by atoms with Crippen LogP contribution in [-0.4, -0.2) is 23.3 Å². The van der Waals surface area contributed by atoms with Crippen molar-refractivity contribution in [3.63, 3.8) is 0 Å². The van der Waals surface area contributed by atoms with Crippen molar-refractivity contribution in [3.05, 3.63) is 59.4 Å². The van der Waals surface area contributed by atoms with Crippen LogP contribution in [0.4, 0.5) is 5.69 Å². The number of pyridine rings is 1. The van der Waals surface area contributed by atoms with Gasteiger partial charge in [-0.25, -0.2) is 0 Å². The Kier molecular flexibility index (Phi) is 5.46. The van der Waals surface area contributed by atoms with Gasteiger partial charge in [0.25, 0.3) is 0 Å². The smallest absolute Gasteiger partial charge is 0.240 e. The highest BCUT2D eigenvalue weighted by atomic mass is 16.2. The first kappa shape index (κ1) is 16.7. The van der Waals surface area contributed by atoms with Crippen molar-refractivity contribution < 1.29 is 9.59 Å². The molecule has 0 atom stereocenters. The number of hydrogen-bond donors (Lipinski definition) is 1. The summed E-state index contributed by atoms with van der Waals surface area (Å²) in [6.07, 6.45) is 3.39. The van der Waals surface area contributed by atoms with E-state index < -0.39 is 0 Å². The molecule has 2 amide bonds. The topological polar surface area (TPSA) is 62.3 Å². The van der Waals surface area contributed by atoms with Crippen LogP contribution < -0.4 is 10.2 Å². The van der Waals surface area contributed by atoms with E-state index >= 15 is 0 Å². The highest BCUT2D eigenvalue weighted by molar-refractivity contribution is 5.98. The molecule has 2 aromatic rings. The van der Waals surface area contributed by atoms with Crippen LogP contribution in [0.3, 0.4) is 0 Å². The number of anilines is 1. The molecular formula is C18H21N3O2. The van der Waals surface area contributed by atoms with E-state index in [1.54, 1.807) is 12.4 Å². The third-order valence-electron chi connectivity index (χ3n) is 3.55. The van der Waals surface area contributed by atoms with Gasteiger partial charge in [-0.05, 0) is 42.7 Å². The van der Waals surface area contributed by atoms with E-state index in [2.05, 4.69) is 10.3 Å². The van der Waals surface area contributed by atoms with Gasteiger partial charge in [0.2, 0.25) is 11.8 Å². The lowest BCUT2D eigenvalue weighted by Gasteiger charge is -2.23. The van der Waals surface area contributed by atoms with Gasteiger partial charge in [0.1, 0.15) is 6.54 Å². The fraction of sp³-hybridized carbons (Fsp3) is 0.278. The van der Waals surface area contributed by atoms with Crippen molar-refractivity contribution in [2.75, 3.05) is 11.4 Å². The number of rotatable bonds is 5. The molecule has 120 valence electrons. The SMILES string of the molecule is CC(=O)N(CC(=O)NCc1cccnc1)c1cc(C)ccc1C. The molecule has 2 rings (SSSR count). The molecule has 0 saturated heterocycles. The van der Waals surface area contributed by atoms with Crippen LogP contribution in [0.5, 0.6) is 0 Å². The number of aromatic nitrogens is 1. The molecule has 5 heteroatoms.